The molecule has 1 saturated heterocycles. The number of unbranched alkanes of at least 4 members (excludes halogenated alkanes) is 1. The van der Waals surface area contributed by atoms with Crippen molar-refractivity contribution in [1.82, 2.24) is 20.4 Å². The summed E-state index contributed by atoms with van der Waals surface area (Å²) < 4.78 is 5.68. The van der Waals surface area contributed by atoms with Gasteiger partial charge in [0.2, 0.25) is 0 Å². The Bertz CT molecular complexity index is 514. The molecule has 0 saturated carbocycles. The number of guanidine groups is 1. The Hall–Kier alpha value is -0.800. The Balaban J connectivity index is 0.00000364. The summed E-state index contributed by atoms with van der Waals surface area (Å²) in [5.74, 6) is 1.91. The van der Waals surface area contributed by atoms with Gasteiger partial charge in [-0.3, -0.25) is 9.89 Å². The fraction of sp³-hybridized carbons (Fsp3) is 0.750. The van der Waals surface area contributed by atoms with E-state index in [2.05, 4.69) is 52.4 Å². The van der Waals surface area contributed by atoms with Crippen LogP contribution >= 0.6 is 24.0 Å². The molecule has 7 heteroatoms. The maximum atomic E-state index is 5.68. The van der Waals surface area contributed by atoms with Gasteiger partial charge >= 0.3 is 0 Å². The van der Waals surface area contributed by atoms with Gasteiger partial charge in [-0.25, -0.2) is 0 Å². The van der Waals surface area contributed by atoms with Crippen LogP contribution in [0.4, 0.5) is 0 Å². The number of nitrogens with zero attached hydrogens (tertiary/aromatic N) is 3. The van der Waals surface area contributed by atoms with Crippen molar-refractivity contribution in [2.45, 2.75) is 51.6 Å². The van der Waals surface area contributed by atoms with E-state index in [1.807, 2.05) is 13.1 Å². The maximum Gasteiger partial charge on any atom is 0.191 e. The first-order valence-corrected chi connectivity index (χ1v) is 10.0. The molecule has 2 heterocycles. The fourth-order valence-electron chi connectivity index (χ4n) is 3.31. The van der Waals surface area contributed by atoms with Gasteiger partial charge in [0.05, 0.1) is 12.3 Å². The minimum Gasteiger partial charge on any atom is -0.468 e. The van der Waals surface area contributed by atoms with Crippen molar-refractivity contribution in [2.24, 2.45) is 4.99 Å². The fourth-order valence-corrected chi connectivity index (χ4v) is 3.31. The zero-order valence-corrected chi connectivity index (χ0v) is 19.7. The molecule has 0 bridgehead atoms. The summed E-state index contributed by atoms with van der Waals surface area (Å²) in [6.45, 7) is 9.65. The van der Waals surface area contributed by atoms with Crippen LogP contribution in [0.1, 0.15) is 51.3 Å². The van der Waals surface area contributed by atoms with E-state index in [-0.39, 0.29) is 30.0 Å². The van der Waals surface area contributed by atoms with Crippen LogP contribution in [0.15, 0.2) is 27.8 Å². The number of rotatable bonds is 10. The molecule has 1 unspecified atom stereocenters. The lowest BCUT2D eigenvalue weighted by Crippen LogP contribution is -2.43. The van der Waals surface area contributed by atoms with E-state index in [1.54, 1.807) is 6.26 Å². The lowest BCUT2D eigenvalue weighted by molar-refractivity contribution is 0.215. The standard InChI is InChI=1S/C20H37N5O.HI/c1-17(2)24(4)12-6-5-11-22-20(21-3)23-16-18(19-10-9-15-26-19)25-13-7-8-14-25;/h9-10,15,17-18H,5-8,11-14,16H2,1-4H3,(H2,21,22,23);1H. The Kier molecular flexibility index (Phi) is 12.0. The number of likely N-dealkylation sites (tertiary alicyclic amines) is 1. The van der Waals surface area contributed by atoms with Crippen molar-refractivity contribution < 1.29 is 4.42 Å². The Morgan fingerprint density at radius 1 is 1.26 bits per heavy atom. The van der Waals surface area contributed by atoms with Gasteiger partial charge in [-0.1, -0.05) is 0 Å². The zero-order chi connectivity index (χ0) is 18.8. The molecule has 1 aliphatic heterocycles. The van der Waals surface area contributed by atoms with E-state index in [4.69, 9.17) is 4.42 Å². The molecular weight excluding hydrogens is 453 g/mol. The van der Waals surface area contributed by atoms with Crippen molar-refractivity contribution >= 4 is 29.9 Å². The summed E-state index contributed by atoms with van der Waals surface area (Å²) in [5, 5.41) is 6.91. The summed E-state index contributed by atoms with van der Waals surface area (Å²) in [4.78, 5) is 9.25. The number of hydrogen-bond donors (Lipinski definition) is 2. The highest BCUT2D eigenvalue weighted by Crippen LogP contribution is 2.24. The highest BCUT2D eigenvalue weighted by molar-refractivity contribution is 14.0. The van der Waals surface area contributed by atoms with Crippen LogP contribution < -0.4 is 10.6 Å². The smallest absolute Gasteiger partial charge is 0.191 e. The summed E-state index contributed by atoms with van der Waals surface area (Å²) in [5.41, 5.74) is 0. The number of hydrogen-bond acceptors (Lipinski definition) is 4. The normalized spacial score (nSPS) is 16.6. The molecule has 1 fully saturated rings. The van der Waals surface area contributed by atoms with E-state index in [0.29, 0.717) is 6.04 Å². The van der Waals surface area contributed by atoms with Crippen LogP contribution in [0.2, 0.25) is 0 Å². The molecule has 27 heavy (non-hydrogen) atoms. The Morgan fingerprint density at radius 3 is 2.59 bits per heavy atom. The molecule has 0 spiro atoms. The second-order valence-electron chi connectivity index (χ2n) is 7.44. The minimum absolute atomic E-state index is 0. The SMILES string of the molecule is CN=C(NCCCCN(C)C(C)C)NCC(c1ccco1)N1CCCC1.I. The molecule has 0 amide bonds. The van der Waals surface area contributed by atoms with Crippen molar-refractivity contribution in [2.75, 3.05) is 46.8 Å². The second kappa shape index (κ2) is 13.4. The number of furan rings is 1. The molecule has 1 aromatic rings. The highest BCUT2D eigenvalue weighted by atomic mass is 127. The maximum absolute atomic E-state index is 5.68. The minimum atomic E-state index is 0. The van der Waals surface area contributed by atoms with E-state index in [1.165, 1.54) is 19.3 Å². The average molecular weight is 491 g/mol. The van der Waals surface area contributed by atoms with Gasteiger partial charge in [-0.2, -0.15) is 0 Å². The molecule has 1 aromatic heterocycles. The van der Waals surface area contributed by atoms with Crippen molar-refractivity contribution in [3.8, 4) is 0 Å². The third-order valence-corrected chi connectivity index (χ3v) is 5.25. The monoisotopic (exact) mass is 491 g/mol. The molecule has 2 rings (SSSR count). The van der Waals surface area contributed by atoms with Gasteiger partial charge in [-0.05, 0) is 78.3 Å². The Morgan fingerprint density at radius 2 is 2.00 bits per heavy atom. The molecule has 2 N–H and O–H groups in total. The van der Waals surface area contributed by atoms with Crippen LogP contribution in [0.3, 0.4) is 0 Å². The predicted molar refractivity (Wildman–Crippen MR) is 124 cm³/mol. The number of nitrogens with one attached hydrogen (secondary N) is 2. The van der Waals surface area contributed by atoms with Crippen LogP contribution in [0.25, 0.3) is 0 Å². The highest BCUT2D eigenvalue weighted by Gasteiger charge is 2.25. The van der Waals surface area contributed by atoms with E-state index in [9.17, 15) is 0 Å². The van der Waals surface area contributed by atoms with Crippen molar-refractivity contribution in [1.29, 1.82) is 0 Å². The number of halogens is 1. The van der Waals surface area contributed by atoms with Gasteiger partial charge in [0.25, 0.3) is 0 Å². The van der Waals surface area contributed by atoms with Gasteiger partial charge in [0.15, 0.2) is 5.96 Å². The van der Waals surface area contributed by atoms with E-state index < -0.39 is 0 Å². The summed E-state index contributed by atoms with van der Waals surface area (Å²) in [6, 6.07) is 4.93. The van der Waals surface area contributed by atoms with Gasteiger partial charge in [0.1, 0.15) is 5.76 Å². The average Bonchev–Trinajstić information content (AvgIpc) is 3.34. The lowest BCUT2D eigenvalue weighted by atomic mass is 10.2. The lowest BCUT2D eigenvalue weighted by Gasteiger charge is -2.26. The molecule has 156 valence electrons. The first-order chi connectivity index (χ1) is 12.6. The second-order valence-corrected chi connectivity index (χ2v) is 7.44. The van der Waals surface area contributed by atoms with Crippen LogP contribution in [0.5, 0.6) is 0 Å². The first-order valence-electron chi connectivity index (χ1n) is 10.0. The molecule has 0 radical (unpaired) electrons. The topological polar surface area (TPSA) is 56.0 Å². The first kappa shape index (κ1) is 24.2. The zero-order valence-electron chi connectivity index (χ0n) is 17.4. The number of aliphatic imine (C=N–C) groups is 1. The Labute approximate surface area is 182 Å². The van der Waals surface area contributed by atoms with Crippen LogP contribution in [-0.4, -0.2) is 68.6 Å². The van der Waals surface area contributed by atoms with Gasteiger partial charge in [-0.15, -0.1) is 24.0 Å². The van der Waals surface area contributed by atoms with Crippen molar-refractivity contribution in [3.05, 3.63) is 24.2 Å². The molecule has 1 aliphatic rings. The van der Waals surface area contributed by atoms with Gasteiger partial charge < -0.3 is 20.0 Å². The summed E-state index contributed by atoms with van der Waals surface area (Å²) in [6.07, 6.45) is 6.65. The molecule has 6 nitrogen and oxygen atoms in total. The van der Waals surface area contributed by atoms with Crippen LogP contribution in [0, 0.1) is 0 Å². The van der Waals surface area contributed by atoms with Crippen molar-refractivity contribution in [3.63, 3.8) is 0 Å². The quantitative estimate of drug-likeness (QED) is 0.228. The molecule has 1 atom stereocenters. The van der Waals surface area contributed by atoms with Gasteiger partial charge in [0, 0.05) is 26.2 Å². The van der Waals surface area contributed by atoms with Crippen LogP contribution in [-0.2, 0) is 0 Å². The van der Waals surface area contributed by atoms with E-state index >= 15 is 0 Å². The summed E-state index contributed by atoms with van der Waals surface area (Å²) >= 11 is 0. The predicted octanol–water partition coefficient (Wildman–Crippen LogP) is 3.32. The molecule has 0 aliphatic carbocycles. The van der Waals surface area contributed by atoms with E-state index in [0.717, 1.165) is 50.9 Å². The largest absolute Gasteiger partial charge is 0.468 e. The summed E-state index contributed by atoms with van der Waals surface area (Å²) in [7, 11) is 4.02. The molecule has 0 aromatic carbocycles. The third-order valence-electron chi connectivity index (χ3n) is 5.25. The third kappa shape index (κ3) is 8.39. The molecular formula is C20H38IN5O.